The Hall–Kier alpha value is -1.73. The second kappa shape index (κ2) is 8.77. The molecule has 1 fully saturated rings. The van der Waals surface area contributed by atoms with E-state index >= 15 is 0 Å². The zero-order valence-corrected chi connectivity index (χ0v) is 16.1. The molecule has 0 spiro atoms. The minimum atomic E-state index is -3.46. The molecule has 2 aromatic rings. The molecule has 1 aliphatic heterocycles. The molecule has 26 heavy (non-hydrogen) atoms. The van der Waals surface area contributed by atoms with Crippen molar-refractivity contribution in [2.75, 3.05) is 39.8 Å². The third-order valence-corrected chi connectivity index (χ3v) is 6.26. The minimum absolute atomic E-state index is 0.327. The van der Waals surface area contributed by atoms with Crippen LogP contribution in [-0.2, 0) is 23.0 Å². The van der Waals surface area contributed by atoms with Gasteiger partial charge in [-0.3, -0.25) is 4.90 Å². The van der Waals surface area contributed by atoms with E-state index in [0.717, 1.165) is 43.9 Å². The van der Waals surface area contributed by atoms with Gasteiger partial charge >= 0.3 is 0 Å². The Morgan fingerprint density at radius 3 is 2.19 bits per heavy atom. The van der Waals surface area contributed by atoms with Crippen molar-refractivity contribution in [2.45, 2.75) is 17.9 Å². The van der Waals surface area contributed by atoms with E-state index in [4.69, 9.17) is 0 Å². The van der Waals surface area contributed by atoms with Gasteiger partial charge in [0.05, 0.1) is 4.90 Å². The van der Waals surface area contributed by atoms with Crippen molar-refractivity contribution in [3.63, 3.8) is 0 Å². The molecule has 0 radical (unpaired) electrons. The van der Waals surface area contributed by atoms with Crippen LogP contribution in [0.15, 0.2) is 59.5 Å². The second-order valence-corrected chi connectivity index (χ2v) is 8.62. The number of hydrogen-bond donors (Lipinski definition) is 1. The van der Waals surface area contributed by atoms with E-state index < -0.39 is 10.0 Å². The summed E-state index contributed by atoms with van der Waals surface area (Å²) in [7, 11) is -1.32. The summed E-state index contributed by atoms with van der Waals surface area (Å²) in [5, 5.41) is 0. The number of likely N-dealkylation sites (N-methyl/N-ethyl adjacent to an activating group) is 1. The fourth-order valence-electron chi connectivity index (χ4n) is 3.10. The van der Waals surface area contributed by atoms with E-state index in [-0.39, 0.29) is 0 Å². The molecule has 5 nitrogen and oxygen atoms in total. The fourth-order valence-corrected chi connectivity index (χ4v) is 4.13. The van der Waals surface area contributed by atoms with Gasteiger partial charge in [0, 0.05) is 39.3 Å². The van der Waals surface area contributed by atoms with Gasteiger partial charge in [0.25, 0.3) is 0 Å². The van der Waals surface area contributed by atoms with Crippen LogP contribution in [0, 0.1) is 0 Å². The van der Waals surface area contributed by atoms with Gasteiger partial charge in [-0.1, -0.05) is 42.5 Å². The maximum Gasteiger partial charge on any atom is 0.240 e. The number of nitrogens with zero attached hydrogens (tertiary/aromatic N) is 2. The molecule has 1 N–H and O–H groups in total. The van der Waals surface area contributed by atoms with Crippen LogP contribution in [0.4, 0.5) is 0 Å². The molecule has 0 atom stereocenters. The van der Waals surface area contributed by atoms with Crippen molar-refractivity contribution in [1.82, 2.24) is 14.5 Å². The third-order valence-electron chi connectivity index (χ3n) is 4.78. The van der Waals surface area contributed by atoms with Gasteiger partial charge in [-0.25, -0.2) is 13.1 Å². The summed E-state index contributed by atoms with van der Waals surface area (Å²) in [4.78, 5) is 5.06. The highest BCUT2D eigenvalue weighted by Crippen LogP contribution is 2.13. The minimum Gasteiger partial charge on any atom is -0.304 e. The lowest BCUT2D eigenvalue weighted by atomic mass is 10.2. The normalized spacial score (nSPS) is 16.7. The monoisotopic (exact) mass is 373 g/mol. The Morgan fingerprint density at radius 2 is 1.54 bits per heavy atom. The number of benzene rings is 2. The summed E-state index contributed by atoms with van der Waals surface area (Å²) < 4.78 is 27.6. The quantitative estimate of drug-likeness (QED) is 0.806. The highest BCUT2D eigenvalue weighted by molar-refractivity contribution is 7.89. The highest BCUT2D eigenvalue weighted by Gasteiger charge is 2.16. The smallest absolute Gasteiger partial charge is 0.240 e. The lowest BCUT2D eigenvalue weighted by molar-refractivity contribution is 0.148. The molecule has 6 heteroatoms. The van der Waals surface area contributed by atoms with Gasteiger partial charge in [-0.2, -0.15) is 0 Å². The summed E-state index contributed by atoms with van der Waals surface area (Å²) in [6, 6.07) is 17.1. The Morgan fingerprint density at radius 1 is 0.885 bits per heavy atom. The largest absolute Gasteiger partial charge is 0.304 e. The number of sulfonamides is 1. The van der Waals surface area contributed by atoms with Crippen molar-refractivity contribution in [3.8, 4) is 0 Å². The molecule has 1 saturated heterocycles. The lowest BCUT2D eigenvalue weighted by Crippen LogP contribution is -2.43. The van der Waals surface area contributed by atoms with E-state index in [1.54, 1.807) is 12.1 Å². The van der Waals surface area contributed by atoms with Crippen molar-refractivity contribution < 1.29 is 8.42 Å². The Labute approximate surface area is 156 Å². The van der Waals surface area contributed by atoms with Crippen molar-refractivity contribution >= 4 is 10.0 Å². The lowest BCUT2D eigenvalue weighted by Gasteiger charge is -2.32. The van der Waals surface area contributed by atoms with E-state index in [1.165, 1.54) is 0 Å². The van der Waals surface area contributed by atoms with E-state index in [0.29, 0.717) is 17.9 Å². The van der Waals surface area contributed by atoms with Crippen molar-refractivity contribution in [2.24, 2.45) is 0 Å². The van der Waals surface area contributed by atoms with Gasteiger partial charge in [0.1, 0.15) is 0 Å². The summed E-state index contributed by atoms with van der Waals surface area (Å²) in [5.41, 5.74) is 2.27. The first-order valence-electron chi connectivity index (χ1n) is 9.06. The maximum absolute atomic E-state index is 12.4. The van der Waals surface area contributed by atoms with Crippen LogP contribution in [0.1, 0.15) is 11.1 Å². The number of nitrogens with one attached hydrogen (secondary N) is 1. The average Bonchev–Trinajstić information content (AvgIpc) is 2.65. The molecular weight excluding hydrogens is 346 g/mol. The van der Waals surface area contributed by atoms with Crippen LogP contribution in [0.3, 0.4) is 0 Å². The predicted molar refractivity (Wildman–Crippen MR) is 105 cm³/mol. The van der Waals surface area contributed by atoms with Crippen LogP contribution in [0.5, 0.6) is 0 Å². The SMILES string of the molecule is CN1CCN(Cc2ccc(S(=O)(=O)NCCc3ccccc3)cc2)CC1. The first-order chi connectivity index (χ1) is 12.5. The van der Waals surface area contributed by atoms with Crippen molar-refractivity contribution in [1.29, 1.82) is 0 Å². The second-order valence-electron chi connectivity index (χ2n) is 6.86. The first kappa shape index (κ1) is 19.0. The third kappa shape index (κ3) is 5.38. The van der Waals surface area contributed by atoms with E-state index in [9.17, 15) is 8.42 Å². The van der Waals surface area contributed by atoms with Gasteiger partial charge < -0.3 is 4.90 Å². The van der Waals surface area contributed by atoms with E-state index in [1.807, 2.05) is 42.5 Å². The Bertz CT molecular complexity index is 784. The molecule has 140 valence electrons. The van der Waals surface area contributed by atoms with Crippen molar-refractivity contribution in [3.05, 3.63) is 65.7 Å². The standard InChI is InChI=1S/C20H27N3O2S/c1-22-13-15-23(16-14-22)17-19-7-9-20(10-8-19)26(24,25)21-12-11-18-5-3-2-4-6-18/h2-10,21H,11-17H2,1H3. The van der Waals surface area contributed by atoms with E-state index in [2.05, 4.69) is 21.6 Å². The molecule has 0 aliphatic carbocycles. The van der Waals surface area contributed by atoms with Crippen LogP contribution in [-0.4, -0.2) is 58.0 Å². The summed E-state index contributed by atoms with van der Waals surface area (Å²) in [5.74, 6) is 0. The van der Waals surface area contributed by atoms with Gasteiger partial charge in [0.15, 0.2) is 0 Å². The molecule has 0 bridgehead atoms. The molecule has 1 heterocycles. The van der Waals surface area contributed by atoms with Gasteiger partial charge in [-0.05, 0) is 36.7 Å². The molecule has 2 aromatic carbocycles. The van der Waals surface area contributed by atoms with Gasteiger partial charge in [-0.15, -0.1) is 0 Å². The predicted octanol–water partition coefficient (Wildman–Crippen LogP) is 1.95. The first-order valence-corrected chi connectivity index (χ1v) is 10.5. The van der Waals surface area contributed by atoms with Crippen LogP contribution in [0.2, 0.25) is 0 Å². The van der Waals surface area contributed by atoms with Crippen LogP contribution in [0.25, 0.3) is 0 Å². The zero-order chi connectivity index (χ0) is 18.4. The number of rotatable bonds is 7. The number of hydrogen-bond acceptors (Lipinski definition) is 4. The van der Waals surface area contributed by atoms with Crippen LogP contribution >= 0.6 is 0 Å². The Kier molecular flexibility index (Phi) is 6.43. The Balaban J connectivity index is 1.53. The van der Waals surface area contributed by atoms with Crippen LogP contribution < -0.4 is 4.72 Å². The maximum atomic E-state index is 12.4. The molecule has 0 saturated carbocycles. The molecule has 1 aliphatic rings. The zero-order valence-electron chi connectivity index (χ0n) is 15.3. The van der Waals surface area contributed by atoms with Gasteiger partial charge in [0.2, 0.25) is 10.0 Å². The summed E-state index contributed by atoms with van der Waals surface area (Å²) in [6.07, 6.45) is 0.682. The molecule has 3 rings (SSSR count). The fraction of sp³-hybridized carbons (Fsp3) is 0.400. The summed E-state index contributed by atoms with van der Waals surface area (Å²) in [6.45, 7) is 5.54. The molecule has 0 aromatic heterocycles. The molecule has 0 amide bonds. The molecular formula is C20H27N3O2S. The molecule has 0 unspecified atom stereocenters. The number of piperazine rings is 1. The highest BCUT2D eigenvalue weighted by atomic mass is 32.2. The topological polar surface area (TPSA) is 52.7 Å². The average molecular weight is 374 g/mol. The summed E-state index contributed by atoms with van der Waals surface area (Å²) >= 11 is 0.